The van der Waals surface area contributed by atoms with Gasteiger partial charge in [-0.25, -0.2) is 9.97 Å². The van der Waals surface area contributed by atoms with Gasteiger partial charge >= 0.3 is 0 Å². The van der Waals surface area contributed by atoms with Gasteiger partial charge in [-0.3, -0.25) is 0 Å². The second-order valence-electron chi connectivity index (χ2n) is 6.00. The van der Waals surface area contributed by atoms with Crippen LogP contribution in [-0.2, 0) is 16.8 Å². The van der Waals surface area contributed by atoms with E-state index in [1.165, 1.54) is 24.8 Å². The predicted octanol–water partition coefficient (Wildman–Crippen LogP) is 3.98. The second-order valence-corrected chi connectivity index (χ2v) is 6.00. The summed E-state index contributed by atoms with van der Waals surface area (Å²) in [6.07, 6.45) is 7.80. The molecule has 0 unspecified atom stereocenters. The van der Waals surface area contributed by atoms with Crippen molar-refractivity contribution < 1.29 is 4.74 Å². The molecule has 0 bridgehead atoms. The van der Waals surface area contributed by atoms with Gasteiger partial charge in [0.1, 0.15) is 11.4 Å². The molecule has 4 nitrogen and oxygen atoms in total. The van der Waals surface area contributed by atoms with Crippen molar-refractivity contribution in [3.05, 3.63) is 17.1 Å². The lowest BCUT2D eigenvalue weighted by molar-refractivity contribution is -0.0515. The molecule has 0 aliphatic heterocycles. The normalized spacial score (nSPS) is 17.7. The number of anilines is 1. The van der Waals surface area contributed by atoms with E-state index >= 15 is 0 Å². The summed E-state index contributed by atoms with van der Waals surface area (Å²) in [5.74, 6) is 1.88. The van der Waals surface area contributed by atoms with Crippen LogP contribution in [0.1, 0.15) is 69.5 Å². The Hall–Kier alpha value is -1.16. The molecule has 1 N–H and O–H groups in total. The Morgan fingerprint density at radius 3 is 2.43 bits per heavy atom. The Kier molecular flexibility index (Phi) is 5.57. The second kappa shape index (κ2) is 7.21. The average Bonchev–Trinajstić information content (AvgIpc) is 2.53. The minimum Gasteiger partial charge on any atom is -0.370 e. The topological polar surface area (TPSA) is 47.0 Å². The van der Waals surface area contributed by atoms with E-state index in [-0.39, 0.29) is 5.60 Å². The minimum absolute atomic E-state index is 0.280. The van der Waals surface area contributed by atoms with Gasteiger partial charge in [0, 0.05) is 24.9 Å². The molecule has 0 saturated heterocycles. The van der Waals surface area contributed by atoms with Crippen LogP contribution >= 0.6 is 0 Å². The minimum atomic E-state index is -0.280. The molecule has 1 aliphatic carbocycles. The van der Waals surface area contributed by atoms with Crippen molar-refractivity contribution in [1.82, 2.24) is 9.97 Å². The van der Waals surface area contributed by atoms with Crippen LogP contribution in [0.3, 0.4) is 0 Å². The summed E-state index contributed by atoms with van der Waals surface area (Å²) in [4.78, 5) is 9.66. The number of hydrogen-bond acceptors (Lipinski definition) is 4. The molecular formula is C17H29N3O. The quantitative estimate of drug-likeness (QED) is 0.861. The number of nitrogens with zero attached hydrogens (tertiary/aromatic N) is 2. The zero-order valence-corrected chi connectivity index (χ0v) is 14.0. The standard InChI is InChI=1S/C17H29N3O/c1-5-12-18-15-14(6-2)13(3)19-16(20-15)17(21-4)10-8-7-9-11-17/h5-12H2,1-4H3,(H,18,19,20). The lowest BCUT2D eigenvalue weighted by Crippen LogP contribution is -2.34. The lowest BCUT2D eigenvalue weighted by atomic mass is 9.83. The maximum Gasteiger partial charge on any atom is 0.162 e. The van der Waals surface area contributed by atoms with Gasteiger partial charge in [-0.05, 0) is 32.6 Å². The monoisotopic (exact) mass is 291 g/mol. The first-order chi connectivity index (χ1) is 10.2. The summed E-state index contributed by atoms with van der Waals surface area (Å²) >= 11 is 0. The predicted molar refractivity (Wildman–Crippen MR) is 86.7 cm³/mol. The van der Waals surface area contributed by atoms with E-state index in [0.29, 0.717) is 0 Å². The van der Waals surface area contributed by atoms with Gasteiger partial charge in [0.05, 0.1) is 0 Å². The number of nitrogens with one attached hydrogen (secondary N) is 1. The maximum atomic E-state index is 5.90. The highest BCUT2D eigenvalue weighted by molar-refractivity contribution is 5.47. The van der Waals surface area contributed by atoms with Crippen LogP contribution in [-0.4, -0.2) is 23.6 Å². The van der Waals surface area contributed by atoms with Crippen LogP contribution < -0.4 is 5.32 Å². The molecule has 21 heavy (non-hydrogen) atoms. The van der Waals surface area contributed by atoms with Crippen LogP contribution in [0.2, 0.25) is 0 Å². The molecule has 1 fully saturated rings. The Morgan fingerprint density at radius 2 is 1.86 bits per heavy atom. The zero-order chi connectivity index (χ0) is 15.3. The Morgan fingerprint density at radius 1 is 1.14 bits per heavy atom. The zero-order valence-electron chi connectivity index (χ0n) is 14.0. The largest absolute Gasteiger partial charge is 0.370 e. The highest BCUT2D eigenvalue weighted by Gasteiger charge is 2.37. The van der Waals surface area contributed by atoms with Crippen LogP contribution in [0.5, 0.6) is 0 Å². The number of aromatic nitrogens is 2. The summed E-state index contributed by atoms with van der Waals surface area (Å²) in [7, 11) is 1.80. The molecule has 1 aromatic rings. The highest BCUT2D eigenvalue weighted by atomic mass is 16.5. The van der Waals surface area contributed by atoms with Crippen molar-refractivity contribution in [2.24, 2.45) is 0 Å². The van der Waals surface area contributed by atoms with Gasteiger partial charge in [0.2, 0.25) is 0 Å². The lowest BCUT2D eigenvalue weighted by Gasteiger charge is -2.35. The third-order valence-electron chi connectivity index (χ3n) is 4.57. The molecule has 118 valence electrons. The van der Waals surface area contributed by atoms with E-state index in [2.05, 4.69) is 26.1 Å². The summed E-state index contributed by atoms with van der Waals surface area (Å²) in [6.45, 7) is 7.37. The molecule has 1 aliphatic rings. The molecule has 0 atom stereocenters. The number of aryl methyl sites for hydroxylation is 1. The van der Waals surface area contributed by atoms with Gasteiger partial charge in [-0.2, -0.15) is 0 Å². The summed E-state index contributed by atoms with van der Waals surface area (Å²) < 4.78 is 5.90. The van der Waals surface area contributed by atoms with Crippen molar-refractivity contribution in [1.29, 1.82) is 0 Å². The highest BCUT2D eigenvalue weighted by Crippen LogP contribution is 2.39. The molecule has 4 heteroatoms. The molecule has 0 amide bonds. The van der Waals surface area contributed by atoms with Gasteiger partial charge in [-0.1, -0.05) is 33.1 Å². The van der Waals surface area contributed by atoms with E-state index in [0.717, 1.165) is 49.6 Å². The molecule has 0 spiro atoms. The first-order valence-electron chi connectivity index (χ1n) is 8.34. The molecule has 0 aromatic carbocycles. The van der Waals surface area contributed by atoms with Gasteiger partial charge < -0.3 is 10.1 Å². The van der Waals surface area contributed by atoms with Crippen molar-refractivity contribution in [2.45, 2.75) is 71.3 Å². The van der Waals surface area contributed by atoms with E-state index in [9.17, 15) is 0 Å². The molecule has 1 saturated carbocycles. The number of methoxy groups -OCH3 is 1. The van der Waals surface area contributed by atoms with E-state index in [1.807, 2.05) is 0 Å². The Labute approximate surface area is 128 Å². The molecule has 1 aromatic heterocycles. The third kappa shape index (κ3) is 3.37. The van der Waals surface area contributed by atoms with Crippen molar-refractivity contribution in [3.8, 4) is 0 Å². The number of rotatable bonds is 6. The summed E-state index contributed by atoms with van der Waals surface area (Å²) in [5.41, 5.74) is 2.04. The SMILES string of the molecule is CCCNc1nc(C2(OC)CCCCC2)nc(C)c1CC. The molecular weight excluding hydrogens is 262 g/mol. The molecule has 0 radical (unpaired) electrons. The van der Waals surface area contributed by atoms with Crippen molar-refractivity contribution >= 4 is 5.82 Å². The number of ether oxygens (including phenoxy) is 1. The van der Waals surface area contributed by atoms with Crippen LogP contribution in [0.4, 0.5) is 5.82 Å². The summed E-state index contributed by atoms with van der Waals surface area (Å²) in [6, 6.07) is 0. The van der Waals surface area contributed by atoms with Gasteiger partial charge in [-0.15, -0.1) is 0 Å². The molecule has 1 heterocycles. The smallest absolute Gasteiger partial charge is 0.162 e. The fourth-order valence-electron chi connectivity index (χ4n) is 3.25. The number of hydrogen-bond donors (Lipinski definition) is 1. The average molecular weight is 291 g/mol. The van der Waals surface area contributed by atoms with Crippen LogP contribution in [0, 0.1) is 6.92 Å². The van der Waals surface area contributed by atoms with Crippen LogP contribution in [0.15, 0.2) is 0 Å². The van der Waals surface area contributed by atoms with Gasteiger partial charge in [0.25, 0.3) is 0 Å². The van der Waals surface area contributed by atoms with Crippen molar-refractivity contribution in [2.75, 3.05) is 19.0 Å². The van der Waals surface area contributed by atoms with E-state index in [1.54, 1.807) is 7.11 Å². The maximum absolute atomic E-state index is 5.90. The first kappa shape index (κ1) is 16.2. The Bertz CT molecular complexity index is 467. The van der Waals surface area contributed by atoms with Crippen LogP contribution in [0.25, 0.3) is 0 Å². The fourth-order valence-corrected chi connectivity index (χ4v) is 3.25. The van der Waals surface area contributed by atoms with E-state index < -0.39 is 0 Å². The first-order valence-corrected chi connectivity index (χ1v) is 8.34. The summed E-state index contributed by atoms with van der Waals surface area (Å²) in [5, 5.41) is 3.47. The fraction of sp³-hybridized carbons (Fsp3) is 0.765. The van der Waals surface area contributed by atoms with E-state index in [4.69, 9.17) is 14.7 Å². The third-order valence-corrected chi connectivity index (χ3v) is 4.57. The molecule has 2 rings (SSSR count). The van der Waals surface area contributed by atoms with Gasteiger partial charge in [0.15, 0.2) is 5.82 Å². The Balaban J connectivity index is 2.40. The van der Waals surface area contributed by atoms with Crippen molar-refractivity contribution in [3.63, 3.8) is 0 Å².